The molecule has 7 nitrogen and oxygen atoms in total. The zero-order chi connectivity index (χ0) is 25.0. The molecule has 0 bridgehead atoms. The maximum atomic E-state index is 13.1. The van der Waals surface area contributed by atoms with Crippen LogP contribution in [0.3, 0.4) is 0 Å². The van der Waals surface area contributed by atoms with Crippen LogP contribution in [0.1, 0.15) is 11.1 Å². The number of H-pyrrole nitrogens is 1. The molecule has 0 unspecified atom stereocenters. The molecule has 0 saturated carbocycles. The largest absolute Gasteiger partial charge is 0.497 e. The van der Waals surface area contributed by atoms with Gasteiger partial charge in [-0.15, -0.1) is 0 Å². The van der Waals surface area contributed by atoms with Crippen LogP contribution in [0.2, 0.25) is 5.02 Å². The number of benzene rings is 3. The molecule has 0 spiro atoms. The van der Waals surface area contributed by atoms with Crippen molar-refractivity contribution >= 4 is 38.5 Å². The SMILES string of the molecule is COC(=O)Cc1c(-c2ccc(Cl)c(S(=O)(=O)NCCc3ccc(OC)cc3)c2)[nH]c2ccccc12. The Balaban J connectivity index is 1.62. The first kappa shape index (κ1) is 24.8. The molecule has 182 valence electrons. The molecule has 2 N–H and O–H groups in total. The molecule has 0 radical (unpaired) electrons. The normalized spacial score (nSPS) is 11.5. The third kappa shape index (κ3) is 5.51. The number of carbonyl (C=O) groups is 1. The molecule has 1 aromatic heterocycles. The molecule has 0 aliphatic rings. The number of esters is 1. The zero-order valence-electron chi connectivity index (χ0n) is 19.3. The predicted molar refractivity (Wildman–Crippen MR) is 136 cm³/mol. The van der Waals surface area contributed by atoms with Crippen molar-refractivity contribution in [3.05, 3.63) is 82.9 Å². The van der Waals surface area contributed by atoms with Gasteiger partial charge in [-0.1, -0.05) is 48.0 Å². The van der Waals surface area contributed by atoms with E-state index in [-0.39, 0.29) is 22.9 Å². The summed E-state index contributed by atoms with van der Waals surface area (Å²) in [6.45, 7) is 0.204. The highest BCUT2D eigenvalue weighted by Crippen LogP contribution is 2.34. The summed E-state index contributed by atoms with van der Waals surface area (Å²) in [6, 6.07) is 19.8. The van der Waals surface area contributed by atoms with Gasteiger partial charge in [-0.2, -0.15) is 0 Å². The van der Waals surface area contributed by atoms with Gasteiger partial charge in [0.15, 0.2) is 0 Å². The third-order valence-corrected chi connectivity index (χ3v) is 7.68. The second kappa shape index (κ2) is 10.5. The lowest BCUT2D eigenvalue weighted by Crippen LogP contribution is -2.26. The van der Waals surface area contributed by atoms with Crippen LogP contribution in [-0.4, -0.2) is 40.1 Å². The lowest BCUT2D eigenvalue weighted by atomic mass is 10.0. The quantitative estimate of drug-likeness (QED) is 0.316. The highest BCUT2D eigenvalue weighted by atomic mass is 35.5. The van der Waals surface area contributed by atoms with Crippen LogP contribution in [0.4, 0.5) is 0 Å². The van der Waals surface area contributed by atoms with Crippen LogP contribution in [0, 0.1) is 0 Å². The standard InChI is InChI=1S/C26H25ClN2O5S/c1-33-19-10-7-17(8-11-19)13-14-28-35(31,32)24-15-18(9-12-22(24)27)26-21(16-25(30)34-2)20-5-3-4-6-23(20)29-26/h3-12,15,28-29H,13-14,16H2,1-2H3. The van der Waals surface area contributed by atoms with E-state index >= 15 is 0 Å². The maximum absolute atomic E-state index is 13.1. The maximum Gasteiger partial charge on any atom is 0.310 e. The molecular weight excluding hydrogens is 488 g/mol. The molecule has 9 heteroatoms. The fraction of sp³-hybridized carbons (Fsp3) is 0.192. The molecule has 3 aromatic carbocycles. The molecule has 0 amide bonds. The second-order valence-electron chi connectivity index (χ2n) is 7.92. The van der Waals surface area contributed by atoms with Crippen molar-refractivity contribution in [1.82, 2.24) is 9.71 Å². The number of aromatic amines is 1. The summed E-state index contributed by atoms with van der Waals surface area (Å²) in [5, 5.41) is 0.973. The van der Waals surface area contributed by atoms with Crippen LogP contribution in [0.25, 0.3) is 22.2 Å². The van der Waals surface area contributed by atoms with E-state index in [0.29, 0.717) is 17.7 Å². The predicted octanol–water partition coefficient (Wildman–Crippen LogP) is 4.73. The Morgan fingerprint density at radius 2 is 1.77 bits per heavy atom. The van der Waals surface area contributed by atoms with Crippen molar-refractivity contribution < 1.29 is 22.7 Å². The minimum Gasteiger partial charge on any atom is -0.497 e. The Morgan fingerprint density at radius 3 is 2.49 bits per heavy atom. The number of rotatable bonds is 9. The fourth-order valence-corrected chi connectivity index (χ4v) is 5.47. The number of aromatic nitrogens is 1. The molecule has 0 saturated heterocycles. The van der Waals surface area contributed by atoms with E-state index in [1.807, 2.05) is 48.5 Å². The van der Waals surface area contributed by atoms with E-state index in [1.54, 1.807) is 19.2 Å². The summed E-state index contributed by atoms with van der Waals surface area (Å²) in [7, 11) is -0.960. The summed E-state index contributed by atoms with van der Waals surface area (Å²) in [4.78, 5) is 15.4. The van der Waals surface area contributed by atoms with Gasteiger partial charge in [0.05, 0.1) is 31.4 Å². The third-order valence-electron chi connectivity index (χ3n) is 5.74. The fourth-order valence-electron chi connectivity index (χ4n) is 3.91. The van der Waals surface area contributed by atoms with Gasteiger partial charge in [0, 0.05) is 17.4 Å². The van der Waals surface area contributed by atoms with Crippen molar-refractivity contribution in [2.75, 3.05) is 20.8 Å². The average molecular weight is 513 g/mol. The Hall–Kier alpha value is -3.33. The minimum atomic E-state index is -3.89. The van der Waals surface area contributed by atoms with Crippen molar-refractivity contribution in [3.8, 4) is 17.0 Å². The van der Waals surface area contributed by atoms with E-state index in [4.69, 9.17) is 21.1 Å². The number of nitrogens with one attached hydrogen (secondary N) is 2. The molecule has 1 heterocycles. The van der Waals surface area contributed by atoms with Crippen molar-refractivity contribution in [3.63, 3.8) is 0 Å². The highest BCUT2D eigenvalue weighted by molar-refractivity contribution is 7.89. The van der Waals surface area contributed by atoms with Crippen LogP contribution >= 0.6 is 11.6 Å². The first-order chi connectivity index (χ1) is 16.8. The minimum absolute atomic E-state index is 0.0333. The molecule has 0 aliphatic heterocycles. The van der Waals surface area contributed by atoms with Crippen molar-refractivity contribution in [1.29, 1.82) is 0 Å². The molecule has 4 aromatic rings. The topological polar surface area (TPSA) is 97.5 Å². The molecule has 4 rings (SSSR count). The number of methoxy groups -OCH3 is 2. The average Bonchev–Trinajstić information content (AvgIpc) is 3.22. The Bertz CT molecular complexity index is 1460. The van der Waals surface area contributed by atoms with E-state index in [0.717, 1.165) is 27.8 Å². The zero-order valence-corrected chi connectivity index (χ0v) is 20.9. The summed E-state index contributed by atoms with van der Waals surface area (Å²) >= 11 is 6.31. The van der Waals surface area contributed by atoms with Crippen molar-refractivity contribution in [2.24, 2.45) is 0 Å². The van der Waals surface area contributed by atoms with E-state index in [1.165, 1.54) is 13.2 Å². The van der Waals surface area contributed by atoms with Gasteiger partial charge in [0.25, 0.3) is 0 Å². The van der Waals surface area contributed by atoms with Crippen LogP contribution in [0.5, 0.6) is 5.75 Å². The molecule has 0 atom stereocenters. The van der Waals surface area contributed by atoms with Gasteiger partial charge in [-0.3, -0.25) is 4.79 Å². The molecular formula is C26H25ClN2O5S. The summed E-state index contributed by atoms with van der Waals surface area (Å²) in [6.07, 6.45) is 0.548. The summed E-state index contributed by atoms with van der Waals surface area (Å²) in [5.74, 6) is 0.347. The van der Waals surface area contributed by atoms with E-state index < -0.39 is 16.0 Å². The van der Waals surface area contributed by atoms with E-state index in [2.05, 4.69) is 9.71 Å². The Labute approximate surface area is 209 Å². The number of halogens is 1. The Morgan fingerprint density at radius 1 is 1.03 bits per heavy atom. The van der Waals surface area contributed by atoms with Crippen LogP contribution in [0.15, 0.2) is 71.6 Å². The second-order valence-corrected chi connectivity index (χ2v) is 10.1. The number of sulfonamides is 1. The number of fused-ring (bicyclic) bond motifs is 1. The molecule has 0 fully saturated rings. The number of hydrogen-bond donors (Lipinski definition) is 2. The lowest BCUT2D eigenvalue weighted by Gasteiger charge is -2.11. The van der Waals surface area contributed by atoms with E-state index in [9.17, 15) is 13.2 Å². The Kier molecular flexibility index (Phi) is 7.45. The van der Waals surface area contributed by atoms with Gasteiger partial charge >= 0.3 is 5.97 Å². The van der Waals surface area contributed by atoms with Gasteiger partial charge in [0.1, 0.15) is 10.6 Å². The first-order valence-electron chi connectivity index (χ1n) is 10.9. The summed E-state index contributed by atoms with van der Waals surface area (Å²) in [5.41, 5.74) is 3.77. The number of hydrogen-bond acceptors (Lipinski definition) is 5. The lowest BCUT2D eigenvalue weighted by molar-refractivity contribution is -0.139. The van der Waals surface area contributed by atoms with Gasteiger partial charge < -0.3 is 14.5 Å². The van der Waals surface area contributed by atoms with Gasteiger partial charge in [0.2, 0.25) is 10.0 Å². The van der Waals surface area contributed by atoms with Crippen LogP contribution < -0.4 is 9.46 Å². The molecule has 35 heavy (non-hydrogen) atoms. The van der Waals surface area contributed by atoms with Gasteiger partial charge in [-0.05, 0) is 53.4 Å². The monoisotopic (exact) mass is 512 g/mol. The first-order valence-corrected chi connectivity index (χ1v) is 12.8. The smallest absolute Gasteiger partial charge is 0.310 e. The number of ether oxygens (including phenoxy) is 2. The van der Waals surface area contributed by atoms with Crippen molar-refractivity contribution in [2.45, 2.75) is 17.7 Å². The number of carbonyl (C=O) groups excluding carboxylic acids is 1. The summed E-state index contributed by atoms with van der Waals surface area (Å²) < 4.78 is 38.9. The number of para-hydroxylation sites is 1. The van der Waals surface area contributed by atoms with Crippen LogP contribution in [-0.2, 0) is 32.4 Å². The van der Waals surface area contributed by atoms with Gasteiger partial charge in [-0.25, -0.2) is 13.1 Å². The highest BCUT2D eigenvalue weighted by Gasteiger charge is 2.22. The molecule has 0 aliphatic carbocycles.